The van der Waals surface area contributed by atoms with E-state index in [2.05, 4.69) is 19.8 Å². The Morgan fingerprint density at radius 1 is 1.21 bits per heavy atom. The molecule has 3 N–H and O–H groups in total. The number of hydrogen-bond donors (Lipinski definition) is 2. The first-order valence-corrected chi connectivity index (χ1v) is 8.53. The zero-order chi connectivity index (χ0) is 16.1. The third kappa shape index (κ3) is 4.58. The van der Waals surface area contributed by atoms with Crippen LogP contribution in [0.4, 0.5) is 5.13 Å². The Morgan fingerprint density at radius 2 is 1.92 bits per heavy atom. The van der Waals surface area contributed by atoms with Gasteiger partial charge in [0.05, 0.1) is 13.2 Å². The zero-order valence-electron chi connectivity index (χ0n) is 13.3. The van der Waals surface area contributed by atoms with Gasteiger partial charge in [-0.05, 0) is 11.1 Å². The second-order valence-electron chi connectivity index (χ2n) is 5.39. The highest BCUT2D eigenvalue weighted by atomic mass is 127. The van der Waals surface area contributed by atoms with E-state index in [1.807, 2.05) is 35.8 Å². The quantitative estimate of drug-likeness (QED) is 0.415. The van der Waals surface area contributed by atoms with Crippen LogP contribution in [0.1, 0.15) is 11.1 Å². The number of aliphatic hydroxyl groups is 1. The molecule has 0 amide bonds. The maximum atomic E-state index is 9.35. The Balaban J connectivity index is 0.00000208. The van der Waals surface area contributed by atoms with Gasteiger partial charge in [-0.15, -0.1) is 35.3 Å². The van der Waals surface area contributed by atoms with Gasteiger partial charge in [0.25, 0.3) is 0 Å². The van der Waals surface area contributed by atoms with Crippen molar-refractivity contribution < 1.29 is 5.11 Å². The number of benzene rings is 1. The number of aliphatic hydroxyl groups excluding tert-OH is 1. The van der Waals surface area contributed by atoms with Crippen LogP contribution < -0.4 is 10.6 Å². The van der Waals surface area contributed by atoms with Crippen LogP contribution in [0.15, 0.2) is 40.8 Å². The lowest BCUT2D eigenvalue weighted by Gasteiger charge is -2.35. The van der Waals surface area contributed by atoms with Crippen molar-refractivity contribution in [2.75, 3.05) is 31.1 Å². The fourth-order valence-electron chi connectivity index (χ4n) is 2.63. The van der Waals surface area contributed by atoms with Crippen LogP contribution in [0.3, 0.4) is 0 Å². The SMILES string of the molecule is I.NC(=NCc1ccccc1CO)N1CCN(c2nccs2)CC1. The fraction of sp³-hybridized carbons (Fsp3) is 0.375. The van der Waals surface area contributed by atoms with E-state index in [0.717, 1.165) is 42.4 Å². The Kier molecular flexibility index (Phi) is 7.25. The van der Waals surface area contributed by atoms with Gasteiger partial charge < -0.3 is 20.6 Å². The lowest BCUT2D eigenvalue weighted by atomic mass is 10.1. The number of nitrogens with zero attached hydrogens (tertiary/aromatic N) is 4. The van der Waals surface area contributed by atoms with E-state index >= 15 is 0 Å². The van der Waals surface area contributed by atoms with Gasteiger partial charge in [-0.1, -0.05) is 24.3 Å². The van der Waals surface area contributed by atoms with E-state index in [-0.39, 0.29) is 30.6 Å². The van der Waals surface area contributed by atoms with Crippen LogP contribution in [0.5, 0.6) is 0 Å². The van der Waals surface area contributed by atoms with Crippen LogP contribution in [0.25, 0.3) is 0 Å². The largest absolute Gasteiger partial charge is 0.392 e. The van der Waals surface area contributed by atoms with Crippen LogP contribution in [0, 0.1) is 0 Å². The second-order valence-corrected chi connectivity index (χ2v) is 6.26. The lowest BCUT2D eigenvalue weighted by Crippen LogP contribution is -2.51. The van der Waals surface area contributed by atoms with Crippen LogP contribution >= 0.6 is 35.3 Å². The molecule has 6 nitrogen and oxygen atoms in total. The van der Waals surface area contributed by atoms with Crippen molar-refractivity contribution in [1.82, 2.24) is 9.88 Å². The molecule has 0 aliphatic carbocycles. The summed E-state index contributed by atoms with van der Waals surface area (Å²) in [6.45, 7) is 4.01. The number of nitrogens with two attached hydrogens (primary N) is 1. The molecule has 0 spiro atoms. The summed E-state index contributed by atoms with van der Waals surface area (Å²) in [5, 5.41) is 12.4. The van der Waals surface area contributed by atoms with Gasteiger partial charge in [-0.3, -0.25) is 0 Å². The Hall–Kier alpha value is -1.39. The Morgan fingerprint density at radius 3 is 2.54 bits per heavy atom. The minimum Gasteiger partial charge on any atom is -0.392 e. The van der Waals surface area contributed by atoms with E-state index in [1.165, 1.54) is 0 Å². The summed E-state index contributed by atoms with van der Waals surface area (Å²) in [5.74, 6) is 0.566. The predicted octanol–water partition coefficient (Wildman–Crippen LogP) is 1.89. The number of rotatable bonds is 4. The molecule has 0 atom stereocenters. The molecule has 24 heavy (non-hydrogen) atoms. The van der Waals surface area contributed by atoms with Gasteiger partial charge in [0.2, 0.25) is 0 Å². The molecule has 0 radical (unpaired) electrons. The molecule has 1 fully saturated rings. The standard InChI is InChI=1S/C16H21N5OS.HI/c17-15(19-11-13-3-1-2-4-14(13)12-22)20-6-8-21(9-7-20)16-18-5-10-23-16;/h1-5,10,22H,6-9,11-12H2,(H2,17,19);1H. The molecule has 0 bridgehead atoms. The zero-order valence-corrected chi connectivity index (χ0v) is 16.5. The number of anilines is 1. The van der Waals surface area contributed by atoms with Crippen LogP contribution in [-0.4, -0.2) is 47.1 Å². The molecule has 1 aromatic heterocycles. The van der Waals surface area contributed by atoms with Crippen molar-refractivity contribution in [3.8, 4) is 0 Å². The van der Waals surface area contributed by atoms with Gasteiger partial charge in [0.1, 0.15) is 0 Å². The number of piperazine rings is 1. The summed E-state index contributed by atoms with van der Waals surface area (Å²) in [7, 11) is 0. The molecule has 1 aromatic carbocycles. The van der Waals surface area contributed by atoms with Gasteiger partial charge in [0.15, 0.2) is 11.1 Å². The fourth-order valence-corrected chi connectivity index (χ4v) is 3.33. The van der Waals surface area contributed by atoms with E-state index in [1.54, 1.807) is 11.3 Å². The predicted molar refractivity (Wildman–Crippen MR) is 109 cm³/mol. The molecule has 1 aliphatic rings. The molecule has 3 rings (SSSR count). The molecular formula is C16H22IN5OS. The number of aliphatic imine (C=N–C) groups is 1. The van der Waals surface area contributed by atoms with Crippen molar-refractivity contribution in [2.24, 2.45) is 10.7 Å². The average molecular weight is 459 g/mol. The smallest absolute Gasteiger partial charge is 0.191 e. The first-order chi connectivity index (χ1) is 11.3. The number of halogens is 1. The van der Waals surface area contributed by atoms with Crippen LogP contribution in [-0.2, 0) is 13.2 Å². The molecule has 1 aliphatic heterocycles. The number of thiazole rings is 1. The highest BCUT2D eigenvalue weighted by Gasteiger charge is 2.19. The van der Waals surface area contributed by atoms with E-state index in [0.29, 0.717) is 12.5 Å². The molecule has 0 unspecified atom stereocenters. The minimum absolute atomic E-state index is 0. The van der Waals surface area contributed by atoms with Crippen molar-refractivity contribution >= 4 is 46.4 Å². The summed E-state index contributed by atoms with van der Waals surface area (Å²) in [4.78, 5) is 13.2. The highest BCUT2D eigenvalue weighted by Crippen LogP contribution is 2.18. The minimum atomic E-state index is 0. The van der Waals surface area contributed by atoms with Crippen molar-refractivity contribution in [3.63, 3.8) is 0 Å². The molecular weight excluding hydrogens is 437 g/mol. The van der Waals surface area contributed by atoms with E-state index in [9.17, 15) is 5.11 Å². The summed E-state index contributed by atoms with van der Waals surface area (Å²) in [6.07, 6.45) is 1.83. The summed E-state index contributed by atoms with van der Waals surface area (Å²) in [5.41, 5.74) is 8.05. The van der Waals surface area contributed by atoms with Crippen LogP contribution in [0.2, 0.25) is 0 Å². The lowest BCUT2D eigenvalue weighted by molar-refractivity contribution is 0.280. The molecule has 2 heterocycles. The van der Waals surface area contributed by atoms with Gasteiger partial charge in [-0.25, -0.2) is 9.98 Å². The normalized spacial score (nSPS) is 15.3. The molecule has 2 aromatic rings. The first kappa shape index (κ1) is 18.9. The maximum absolute atomic E-state index is 9.35. The molecule has 8 heteroatoms. The molecule has 0 saturated carbocycles. The third-order valence-electron chi connectivity index (χ3n) is 3.99. The van der Waals surface area contributed by atoms with Crippen molar-refractivity contribution in [1.29, 1.82) is 0 Å². The first-order valence-electron chi connectivity index (χ1n) is 7.65. The monoisotopic (exact) mass is 459 g/mol. The van der Waals surface area contributed by atoms with Gasteiger partial charge >= 0.3 is 0 Å². The highest BCUT2D eigenvalue weighted by molar-refractivity contribution is 14.0. The Labute approximate surface area is 163 Å². The van der Waals surface area contributed by atoms with Gasteiger partial charge in [0, 0.05) is 37.8 Å². The van der Waals surface area contributed by atoms with Crippen molar-refractivity contribution in [3.05, 3.63) is 47.0 Å². The number of guanidine groups is 1. The molecule has 130 valence electrons. The summed E-state index contributed by atoms with van der Waals surface area (Å²) in [6, 6.07) is 7.75. The topological polar surface area (TPSA) is 78.0 Å². The molecule has 1 saturated heterocycles. The third-order valence-corrected chi connectivity index (χ3v) is 4.83. The summed E-state index contributed by atoms with van der Waals surface area (Å²) < 4.78 is 0. The van der Waals surface area contributed by atoms with Gasteiger partial charge in [-0.2, -0.15) is 0 Å². The summed E-state index contributed by atoms with van der Waals surface area (Å²) >= 11 is 1.66. The number of aromatic nitrogens is 1. The van der Waals surface area contributed by atoms with E-state index in [4.69, 9.17) is 5.73 Å². The average Bonchev–Trinajstić information content (AvgIpc) is 3.14. The van der Waals surface area contributed by atoms with Crippen molar-refractivity contribution in [2.45, 2.75) is 13.2 Å². The Bertz CT molecular complexity index is 656. The second kappa shape index (κ2) is 9.19. The van der Waals surface area contributed by atoms with E-state index < -0.39 is 0 Å². The number of hydrogen-bond acceptors (Lipinski definition) is 5. The maximum Gasteiger partial charge on any atom is 0.191 e.